The lowest BCUT2D eigenvalue weighted by molar-refractivity contribution is 0.217. The Labute approximate surface area is 134 Å². The maximum atomic E-state index is 5.79. The second kappa shape index (κ2) is 7.88. The van der Waals surface area contributed by atoms with Crippen LogP contribution >= 0.6 is 0 Å². The van der Waals surface area contributed by atoms with E-state index in [1.54, 1.807) is 0 Å². The molecular weight excluding hydrogens is 270 g/mol. The van der Waals surface area contributed by atoms with E-state index in [9.17, 15) is 0 Å². The van der Waals surface area contributed by atoms with Crippen molar-refractivity contribution < 1.29 is 4.74 Å². The molecule has 1 N–H and O–H groups in total. The molecule has 1 atom stereocenters. The van der Waals surface area contributed by atoms with Crippen LogP contribution in [0.1, 0.15) is 51.2 Å². The molecule has 0 aliphatic rings. The van der Waals surface area contributed by atoms with Gasteiger partial charge >= 0.3 is 0 Å². The van der Waals surface area contributed by atoms with Crippen LogP contribution in [-0.2, 0) is 6.54 Å². The number of anilines is 1. The maximum absolute atomic E-state index is 5.79. The largest absolute Gasteiger partial charge is 0.491 e. The molecule has 0 aliphatic carbocycles. The number of benzene rings is 2. The second-order valence-electron chi connectivity index (χ2n) is 6.11. The van der Waals surface area contributed by atoms with Crippen LogP contribution in [0, 0.1) is 0 Å². The Morgan fingerprint density at radius 1 is 0.909 bits per heavy atom. The van der Waals surface area contributed by atoms with E-state index in [1.807, 2.05) is 12.1 Å². The van der Waals surface area contributed by atoms with Crippen LogP contribution in [0.5, 0.6) is 5.75 Å². The smallest absolute Gasteiger partial charge is 0.119 e. The number of ether oxygens (including phenoxy) is 1. The summed E-state index contributed by atoms with van der Waals surface area (Å²) < 4.78 is 5.79. The number of nitrogens with one attached hydrogen (secondary N) is 1. The van der Waals surface area contributed by atoms with Crippen molar-refractivity contribution in [3.63, 3.8) is 0 Å². The average Bonchev–Trinajstić information content (AvgIpc) is 2.54. The first-order chi connectivity index (χ1) is 10.6. The Balaban J connectivity index is 1.88. The minimum atomic E-state index is 0.262. The third kappa shape index (κ3) is 4.80. The first-order valence-electron chi connectivity index (χ1n) is 8.18. The highest BCUT2D eigenvalue weighted by atomic mass is 16.5. The Morgan fingerprint density at radius 2 is 1.55 bits per heavy atom. The van der Waals surface area contributed by atoms with Gasteiger partial charge in [0.15, 0.2) is 0 Å². The minimum absolute atomic E-state index is 0.262. The van der Waals surface area contributed by atoms with E-state index in [4.69, 9.17) is 4.74 Å². The predicted molar refractivity (Wildman–Crippen MR) is 94.7 cm³/mol. The molecule has 118 valence electrons. The summed E-state index contributed by atoms with van der Waals surface area (Å²) in [6.45, 7) is 9.49. The van der Waals surface area contributed by atoms with Gasteiger partial charge in [-0.1, -0.05) is 45.0 Å². The molecule has 2 heteroatoms. The van der Waals surface area contributed by atoms with Crippen LogP contribution in [0.4, 0.5) is 5.69 Å². The molecule has 1 unspecified atom stereocenters. The first kappa shape index (κ1) is 16.4. The molecule has 0 fully saturated rings. The van der Waals surface area contributed by atoms with Crippen molar-refractivity contribution in [3.8, 4) is 5.75 Å². The summed E-state index contributed by atoms with van der Waals surface area (Å²) in [5.74, 6) is 1.52. The van der Waals surface area contributed by atoms with Gasteiger partial charge < -0.3 is 10.1 Å². The van der Waals surface area contributed by atoms with Crippen LogP contribution in [-0.4, -0.2) is 6.10 Å². The van der Waals surface area contributed by atoms with Crippen LogP contribution < -0.4 is 10.1 Å². The Bertz CT molecular complexity index is 557. The van der Waals surface area contributed by atoms with Gasteiger partial charge in [-0.05, 0) is 54.7 Å². The molecule has 0 heterocycles. The summed E-state index contributed by atoms with van der Waals surface area (Å²) in [5.41, 5.74) is 3.80. The zero-order valence-corrected chi connectivity index (χ0v) is 14.1. The van der Waals surface area contributed by atoms with Crippen molar-refractivity contribution in [3.05, 3.63) is 59.7 Å². The third-order valence-corrected chi connectivity index (χ3v) is 3.91. The minimum Gasteiger partial charge on any atom is -0.491 e. The molecule has 2 nitrogen and oxygen atoms in total. The van der Waals surface area contributed by atoms with Crippen molar-refractivity contribution in [1.82, 2.24) is 0 Å². The molecule has 0 amide bonds. The van der Waals surface area contributed by atoms with E-state index in [2.05, 4.69) is 69.4 Å². The number of hydrogen-bond donors (Lipinski definition) is 1. The normalized spacial score (nSPS) is 12.2. The summed E-state index contributed by atoms with van der Waals surface area (Å²) in [6, 6.07) is 17.0. The van der Waals surface area contributed by atoms with Crippen LogP contribution in [0.25, 0.3) is 0 Å². The van der Waals surface area contributed by atoms with E-state index < -0.39 is 0 Å². The fourth-order valence-corrected chi connectivity index (χ4v) is 2.19. The quantitative estimate of drug-likeness (QED) is 0.718. The van der Waals surface area contributed by atoms with Crippen molar-refractivity contribution in [1.29, 1.82) is 0 Å². The highest BCUT2D eigenvalue weighted by molar-refractivity contribution is 5.47. The van der Waals surface area contributed by atoms with Gasteiger partial charge in [-0.15, -0.1) is 0 Å². The summed E-state index contributed by atoms with van der Waals surface area (Å²) in [7, 11) is 0. The zero-order chi connectivity index (χ0) is 15.9. The average molecular weight is 297 g/mol. The lowest BCUT2D eigenvalue weighted by atomic mass is 10.0. The molecule has 0 saturated carbocycles. The molecule has 0 bridgehead atoms. The SMILES string of the molecule is CCC(C)Oc1ccc(NCc2ccc(C(C)C)cc2)cc1. The highest BCUT2D eigenvalue weighted by Crippen LogP contribution is 2.19. The van der Waals surface area contributed by atoms with Gasteiger partial charge in [0.05, 0.1) is 6.10 Å². The zero-order valence-electron chi connectivity index (χ0n) is 14.1. The van der Waals surface area contributed by atoms with E-state index in [0.717, 1.165) is 24.4 Å². The standard InChI is InChI=1S/C20H27NO/c1-5-16(4)22-20-12-10-19(11-13-20)21-14-17-6-8-18(9-7-17)15(2)3/h6-13,15-16,21H,5,14H2,1-4H3. The summed E-state index contributed by atoms with van der Waals surface area (Å²) in [5, 5.41) is 3.45. The van der Waals surface area contributed by atoms with Gasteiger partial charge in [-0.2, -0.15) is 0 Å². The lowest BCUT2D eigenvalue weighted by Crippen LogP contribution is -2.09. The van der Waals surface area contributed by atoms with Crippen LogP contribution in [0.15, 0.2) is 48.5 Å². The summed E-state index contributed by atoms with van der Waals surface area (Å²) >= 11 is 0. The monoisotopic (exact) mass is 297 g/mol. The molecule has 2 rings (SSSR count). The van der Waals surface area contributed by atoms with Gasteiger partial charge in [0.1, 0.15) is 5.75 Å². The molecule has 2 aromatic rings. The molecular formula is C20H27NO. The number of hydrogen-bond acceptors (Lipinski definition) is 2. The van der Waals surface area contributed by atoms with Gasteiger partial charge in [-0.25, -0.2) is 0 Å². The first-order valence-corrected chi connectivity index (χ1v) is 8.18. The van der Waals surface area contributed by atoms with E-state index in [0.29, 0.717) is 5.92 Å². The highest BCUT2D eigenvalue weighted by Gasteiger charge is 2.02. The molecule has 0 radical (unpaired) electrons. The van der Waals surface area contributed by atoms with Crippen LogP contribution in [0.3, 0.4) is 0 Å². The van der Waals surface area contributed by atoms with Crippen molar-refractivity contribution >= 4 is 5.69 Å². The Kier molecular flexibility index (Phi) is 5.88. The maximum Gasteiger partial charge on any atom is 0.119 e. The summed E-state index contributed by atoms with van der Waals surface area (Å²) in [6.07, 6.45) is 1.28. The topological polar surface area (TPSA) is 21.3 Å². The van der Waals surface area contributed by atoms with E-state index in [1.165, 1.54) is 11.1 Å². The Morgan fingerprint density at radius 3 is 2.09 bits per heavy atom. The fourth-order valence-electron chi connectivity index (χ4n) is 2.19. The lowest BCUT2D eigenvalue weighted by Gasteiger charge is -2.13. The van der Waals surface area contributed by atoms with Gasteiger partial charge in [0.25, 0.3) is 0 Å². The van der Waals surface area contributed by atoms with E-state index in [-0.39, 0.29) is 6.10 Å². The van der Waals surface area contributed by atoms with E-state index >= 15 is 0 Å². The van der Waals surface area contributed by atoms with Gasteiger partial charge in [0, 0.05) is 12.2 Å². The molecule has 22 heavy (non-hydrogen) atoms. The Hall–Kier alpha value is -1.96. The van der Waals surface area contributed by atoms with Gasteiger partial charge in [-0.3, -0.25) is 0 Å². The third-order valence-electron chi connectivity index (χ3n) is 3.91. The molecule has 0 aliphatic heterocycles. The fraction of sp³-hybridized carbons (Fsp3) is 0.400. The molecule has 0 spiro atoms. The van der Waals surface area contributed by atoms with Crippen molar-refractivity contribution in [2.24, 2.45) is 0 Å². The van der Waals surface area contributed by atoms with Crippen molar-refractivity contribution in [2.45, 2.75) is 52.7 Å². The van der Waals surface area contributed by atoms with Gasteiger partial charge in [0.2, 0.25) is 0 Å². The molecule has 2 aromatic carbocycles. The van der Waals surface area contributed by atoms with Crippen molar-refractivity contribution in [2.75, 3.05) is 5.32 Å². The molecule has 0 aromatic heterocycles. The summed E-state index contributed by atoms with van der Waals surface area (Å²) in [4.78, 5) is 0. The number of rotatable bonds is 7. The molecule has 0 saturated heterocycles. The van der Waals surface area contributed by atoms with Crippen LogP contribution in [0.2, 0.25) is 0 Å². The second-order valence-corrected chi connectivity index (χ2v) is 6.11. The predicted octanol–water partition coefficient (Wildman–Crippen LogP) is 5.60.